The van der Waals surface area contributed by atoms with Gasteiger partial charge in [-0.1, -0.05) is 12.8 Å². The number of fused-ring (bicyclic) bond motifs is 1. The smallest absolute Gasteiger partial charge is 0.395 e. The molecule has 1 aromatic carbocycles. The molecule has 0 unspecified atom stereocenters. The molecule has 1 aliphatic carbocycles. The Kier molecular flexibility index (Phi) is 3.90. The van der Waals surface area contributed by atoms with Gasteiger partial charge in [0.05, 0.1) is 6.54 Å². The molecule has 7 heteroatoms. The fourth-order valence-electron chi connectivity index (χ4n) is 2.93. The maximum absolute atomic E-state index is 12.9. The Bertz CT molecular complexity index is 574. The topological polar surface area (TPSA) is 50.8 Å². The Balaban J connectivity index is 1.58. The normalized spacial score (nSPS) is 19.6. The lowest BCUT2D eigenvalue weighted by Gasteiger charge is -2.23. The zero-order valence-corrected chi connectivity index (χ0v) is 12.3. The molecule has 0 spiro atoms. The molecule has 1 N–H and O–H groups in total. The number of alkyl halides is 2. The first-order chi connectivity index (χ1) is 10.4. The number of carbonyl (C=O) groups is 1. The van der Waals surface area contributed by atoms with E-state index in [0.29, 0.717) is 11.7 Å². The molecule has 1 aliphatic heterocycles. The van der Waals surface area contributed by atoms with Gasteiger partial charge in [-0.2, -0.15) is 0 Å². The quantitative estimate of drug-likeness (QED) is 0.929. The van der Waals surface area contributed by atoms with Crippen LogP contribution in [0.15, 0.2) is 18.2 Å². The summed E-state index contributed by atoms with van der Waals surface area (Å²) >= 11 is 0. The van der Waals surface area contributed by atoms with Crippen molar-refractivity contribution in [2.45, 2.75) is 38.0 Å². The molecule has 5 nitrogen and oxygen atoms in total. The van der Waals surface area contributed by atoms with Crippen molar-refractivity contribution in [2.24, 2.45) is 0 Å². The van der Waals surface area contributed by atoms with Crippen molar-refractivity contribution in [3.05, 3.63) is 18.2 Å². The number of anilines is 1. The standard InChI is InChI=1S/C15H18F2N2O3/c1-19(11-4-2-3-5-11)9-14(20)18-10-6-7-12-13(8-10)22-15(16,17)21-12/h6-8,11H,2-5,9H2,1H3,(H,18,20). The first kappa shape index (κ1) is 15.0. The fraction of sp³-hybridized carbons (Fsp3) is 0.533. The average molecular weight is 312 g/mol. The molecule has 0 aromatic heterocycles. The van der Waals surface area contributed by atoms with Gasteiger partial charge >= 0.3 is 6.29 Å². The zero-order valence-electron chi connectivity index (χ0n) is 12.3. The van der Waals surface area contributed by atoms with Gasteiger partial charge in [-0.25, -0.2) is 0 Å². The van der Waals surface area contributed by atoms with E-state index in [1.54, 1.807) is 0 Å². The highest BCUT2D eigenvalue weighted by Gasteiger charge is 2.43. The maximum atomic E-state index is 12.9. The van der Waals surface area contributed by atoms with Crippen molar-refractivity contribution >= 4 is 11.6 Å². The molecule has 22 heavy (non-hydrogen) atoms. The van der Waals surface area contributed by atoms with Crippen LogP contribution in [0.5, 0.6) is 11.5 Å². The van der Waals surface area contributed by atoms with Crippen molar-refractivity contribution in [3.8, 4) is 11.5 Å². The lowest BCUT2D eigenvalue weighted by molar-refractivity contribution is -0.286. The highest BCUT2D eigenvalue weighted by molar-refractivity contribution is 5.92. The van der Waals surface area contributed by atoms with Gasteiger partial charge in [0.1, 0.15) is 0 Å². The number of carbonyl (C=O) groups excluding carboxylic acids is 1. The van der Waals surface area contributed by atoms with E-state index >= 15 is 0 Å². The summed E-state index contributed by atoms with van der Waals surface area (Å²) in [6, 6.07) is 4.65. The van der Waals surface area contributed by atoms with Gasteiger partial charge in [-0.3, -0.25) is 9.69 Å². The number of ether oxygens (including phenoxy) is 2. The van der Waals surface area contributed by atoms with E-state index in [1.807, 2.05) is 11.9 Å². The monoisotopic (exact) mass is 312 g/mol. The third-order valence-corrected chi connectivity index (χ3v) is 4.03. The Morgan fingerprint density at radius 3 is 2.73 bits per heavy atom. The van der Waals surface area contributed by atoms with Gasteiger partial charge < -0.3 is 14.8 Å². The summed E-state index contributed by atoms with van der Waals surface area (Å²) in [5.74, 6) is -0.293. The van der Waals surface area contributed by atoms with Gasteiger partial charge in [-0.05, 0) is 32.0 Å². The summed E-state index contributed by atoms with van der Waals surface area (Å²) in [5.41, 5.74) is 0.407. The number of rotatable bonds is 4. The van der Waals surface area contributed by atoms with Crippen LogP contribution in [0, 0.1) is 0 Å². The molecule has 1 aromatic rings. The highest BCUT2D eigenvalue weighted by atomic mass is 19.3. The summed E-state index contributed by atoms with van der Waals surface area (Å²) in [4.78, 5) is 14.1. The van der Waals surface area contributed by atoms with Crippen molar-refractivity contribution < 1.29 is 23.0 Å². The molecule has 0 bridgehead atoms. The van der Waals surface area contributed by atoms with Gasteiger partial charge in [0, 0.05) is 17.8 Å². The number of nitrogens with zero attached hydrogens (tertiary/aromatic N) is 1. The van der Waals surface area contributed by atoms with Crippen molar-refractivity contribution in [1.82, 2.24) is 4.90 Å². The molecule has 1 saturated carbocycles. The molecule has 0 atom stereocenters. The van der Waals surface area contributed by atoms with Crippen LogP contribution < -0.4 is 14.8 Å². The minimum absolute atomic E-state index is 0.0360. The van der Waals surface area contributed by atoms with Crippen LogP contribution in [0.4, 0.5) is 14.5 Å². The van der Waals surface area contributed by atoms with Crippen molar-refractivity contribution in [3.63, 3.8) is 0 Å². The lowest BCUT2D eigenvalue weighted by atomic mass is 10.2. The Morgan fingerprint density at radius 2 is 2.00 bits per heavy atom. The predicted octanol–water partition coefficient (Wildman–Crippen LogP) is 2.82. The number of amides is 1. The second-order valence-corrected chi connectivity index (χ2v) is 5.73. The van der Waals surface area contributed by atoms with Crippen LogP contribution >= 0.6 is 0 Å². The van der Waals surface area contributed by atoms with Crippen LogP contribution in [-0.2, 0) is 4.79 Å². The van der Waals surface area contributed by atoms with E-state index in [-0.39, 0.29) is 24.0 Å². The Hall–Kier alpha value is -1.89. The van der Waals surface area contributed by atoms with Crippen LogP contribution in [-0.4, -0.2) is 36.7 Å². The van der Waals surface area contributed by atoms with Crippen molar-refractivity contribution in [1.29, 1.82) is 0 Å². The van der Waals surface area contributed by atoms with Crippen molar-refractivity contribution in [2.75, 3.05) is 18.9 Å². The summed E-state index contributed by atoms with van der Waals surface area (Å²) in [6.45, 7) is 0.273. The summed E-state index contributed by atoms with van der Waals surface area (Å²) in [5, 5.41) is 2.69. The molecule has 1 heterocycles. The molecule has 1 amide bonds. The Labute approximate surface area is 127 Å². The second kappa shape index (κ2) is 5.72. The van der Waals surface area contributed by atoms with Crippen LogP contribution in [0.1, 0.15) is 25.7 Å². The molecule has 0 saturated heterocycles. The minimum atomic E-state index is -3.65. The largest absolute Gasteiger partial charge is 0.586 e. The minimum Gasteiger partial charge on any atom is -0.395 e. The van der Waals surface area contributed by atoms with Crippen LogP contribution in [0.3, 0.4) is 0 Å². The number of benzene rings is 1. The summed E-state index contributed by atoms with van der Waals surface area (Å²) in [7, 11) is 1.93. The van der Waals surface area contributed by atoms with Gasteiger partial charge in [0.2, 0.25) is 5.91 Å². The van der Waals surface area contributed by atoms with E-state index in [9.17, 15) is 13.6 Å². The van der Waals surface area contributed by atoms with Crippen LogP contribution in [0.2, 0.25) is 0 Å². The summed E-state index contributed by atoms with van der Waals surface area (Å²) < 4.78 is 34.5. The first-order valence-corrected chi connectivity index (χ1v) is 7.33. The van der Waals surface area contributed by atoms with E-state index in [4.69, 9.17) is 0 Å². The molecule has 2 aliphatic rings. The van der Waals surface area contributed by atoms with Gasteiger partial charge in [0.25, 0.3) is 0 Å². The molecule has 3 rings (SSSR count). The third kappa shape index (κ3) is 3.30. The molecule has 0 radical (unpaired) electrons. The van der Waals surface area contributed by atoms with Gasteiger partial charge in [0.15, 0.2) is 11.5 Å². The fourth-order valence-corrected chi connectivity index (χ4v) is 2.93. The summed E-state index contributed by atoms with van der Waals surface area (Å²) in [6.07, 6.45) is 0.986. The SMILES string of the molecule is CN(CC(=O)Nc1ccc2c(c1)OC(F)(F)O2)C1CCCC1. The number of hydrogen-bond acceptors (Lipinski definition) is 4. The second-order valence-electron chi connectivity index (χ2n) is 5.73. The number of halogens is 2. The maximum Gasteiger partial charge on any atom is 0.586 e. The first-order valence-electron chi connectivity index (χ1n) is 7.33. The number of nitrogens with one attached hydrogen (secondary N) is 1. The predicted molar refractivity (Wildman–Crippen MR) is 76.2 cm³/mol. The number of likely N-dealkylation sites (N-methyl/N-ethyl adjacent to an activating group) is 1. The van der Waals surface area contributed by atoms with E-state index in [0.717, 1.165) is 12.8 Å². The molecular formula is C15H18F2N2O3. The van der Waals surface area contributed by atoms with Crippen LogP contribution in [0.25, 0.3) is 0 Å². The highest BCUT2D eigenvalue weighted by Crippen LogP contribution is 2.42. The lowest BCUT2D eigenvalue weighted by Crippen LogP contribution is -2.36. The Morgan fingerprint density at radius 1 is 1.32 bits per heavy atom. The van der Waals surface area contributed by atoms with Gasteiger partial charge in [-0.15, -0.1) is 8.78 Å². The van der Waals surface area contributed by atoms with E-state index < -0.39 is 6.29 Å². The molecule has 120 valence electrons. The van der Waals surface area contributed by atoms with E-state index in [2.05, 4.69) is 14.8 Å². The number of hydrogen-bond donors (Lipinski definition) is 1. The molecule has 1 fully saturated rings. The van der Waals surface area contributed by atoms with E-state index in [1.165, 1.54) is 31.0 Å². The third-order valence-electron chi connectivity index (χ3n) is 4.03. The molecular weight excluding hydrogens is 294 g/mol. The average Bonchev–Trinajstić information content (AvgIpc) is 3.03. The zero-order chi connectivity index (χ0) is 15.7.